The van der Waals surface area contributed by atoms with E-state index in [2.05, 4.69) is 10.6 Å². The molecule has 1 saturated heterocycles. The van der Waals surface area contributed by atoms with E-state index in [9.17, 15) is 9.59 Å². The Balaban J connectivity index is 2.29. The Kier molecular flexibility index (Phi) is 6.04. The van der Waals surface area contributed by atoms with Gasteiger partial charge in [-0.1, -0.05) is 6.92 Å². The molecule has 0 aliphatic carbocycles. The van der Waals surface area contributed by atoms with E-state index in [1.165, 1.54) is 0 Å². The number of carboxylic acids is 1. The highest BCUT2D eigenvalue weighted by Crippen LogP contribution is 2.21. The van der Waals surface area contributed by atoms with Gasteiger partial charge in [-0.25, -0.2) is 4.79 Å². The van der Waals surface area contributed by atoms with E-state index in [0.29, 0.717) is 26.2 Å². The highest BCUT2D eigenvalue weighted by Gasteiger charge is 2.35. The second-order valence-electron chi connectivity index (χ2n) is 4.70. The van der Waals surface area contributed by atoms with Crippen molar-refractivity contribution in [3.05, 3.63) is 0 Å². The van der Waals surface area contributed by atoms with E-state index in [4.69, 9.17) is 14.6 Å². The molecule has 1 aliphatic rings. The van der Waals surface area contributed by atoms with Crippen LogP contribution in [-0.4, -0.2) is 56.1 Å². The fraction of sp³-hybridized carbons (Fsp3) is 0.833. The number of hydrogen-bond donors (Lipinski definition) is 3. The summed E-state index contributed by atoms with van der Waals surface area (Å²) in [6.07, 6.45) is 1.21. The Hall–Kier alpha value is -1.34. The van der Waals surface area contributed by atoms with Crippen LogP contribution in [0.4, 0.5) is 4.79 Å². The van der Waals surface area contributed by atoms with Gasteiger partial charge in [0.15, 0.2) is 0 Å². The Labute approximate surface area is 112 Å². The van der Waals surface area contributed by atoms with Crippen LogP contribution < -0.4 is 10.6 Å². The molecule has 7 heteroatoms. The maximum Gasteiger partial charge on any atom is 0.314 e. The minimum atomic E-state index is -0.902. The SMILES string of the molecule is CCC(CNC(=O)NCC1(OC)CCOC1)C(=O)O. The molecule has 110 valence electrons. The number of carbonyl (C=O) groups is 2. The lowest BCUT2D eigenvalue weighted by atomic mass is 10.0. The molecule has 1 rings (SSSR count). The molecule has 3 N–H and O–H groups in total. The predicted molar refractivity (Wildman–Crippen MR) is 68.0 cm³/mol. The zero-order valence-corrected chi connectivity index (χ0v) is 11.4. The topological polar surface area (TPSA) is 96.9 Å². The lowest BCUT2D eigenvalue weighted by Crippen LogP contribution is -2.48. The van der Waals surface area contributed by atoms with Gasteiger partial charge in [-0.2, -0.15) is 0 Å². The summed E-state index contributed by atoms with van der Waals surface area (Å²) in [4.78, 5) is 22.4. The van der Waals surface area contributed by atoms with E-state index in [0.717, 1.165) is 6.42 Å². The Morgan fingerprint density at radius 3 is 2.68 bits per heavy atom. The fourth-order valence-corrected chi connectivity index (χ4v) is 1.89. The molecule has 7 nitrogen and oxygen atoms in total. The number of urea groups is 1. The smallest absolute Gasteiger partial charge is 0.314 e. The van der Waals surface area contributed by atoms with E-state index < -0.39 is 17.5 Å². The number of carboxylic acid groups (broad SMARTS) is 1. The monoisotopic (exact) mass is 274 g/mol. The third-order valence-corrected chi connectivity index (χ3v) is 3.42. The highest BCUT2D eigenvalue weighted by molar-refractivity contribution is 5.75. The van der Waals surface area contributed by atoms with Crippen molar-refractivity contribution in [2.45, 2.75) is 25.4 Å². The molecule has 1 aliphatic heterocycles. The quantitative estimate of drug-likeness (QED) is 0.616. The largest absolute Gasteiger partial charge is 0.481 e. The summed E-state index contributed by atoms with van der Waals surface area (Å²) in [5.41, 5.74) is -0.464. The van der Waals surface area contributed by atoms with Crippen molar-refractivity contribution in [2.24, 2.45) is 5.92 Å². The number of methoxy groups -OCH3 is 1. The van der Waals surface area contributed by atoms with Gasteiger partial charge in [0, 0.05) is 26.7 Å². The van der Waals surface area contributed by atoms with E-state index in [1.807, 2.05) is 0 Å². The standard InChI is InChI=1S/C12H22N2O5/c1-3-9(10(15)16)6-13-11(17)14-7-12(18-2)4-5-19-8-12/h9H,3-8H2,1-2H3,(H,15,16)(H2,13,14,17). The Morgan fingerprint density at radius 1 is 1.47 bits per heavy atom. The molecular weight excluding hydrogens is 252 g/mol. The van der Waals surface area contributed by atoms with Crippen LogP contribution in [0.5, 0.6) is 0 Å². The lowest BCUT2D eigenvalue weighted by molar-refractivity contribution is -0.141. The van der Waals surface area contributed by atoms with E-state index in [1.54, 1.807) is 14.0 Å². The second-order valence-corrected chi connectivity index (χ2v) is 4.70. The summed E-state index contributed by atoms with van der Waals surface area (Å²) in [6, 6.07) is -0.386. The Morgan fingerprint density at radius 2 is 2.21 bits per heavy atom. The number of nitrogens with one attached hydrogen (secondary N) is 2. The first-order valence-corrected chi connectivity index (χ1v) is 6.40. The first-order valence-electron chi connectivity index (χ1n) is 6.40. The molecule has 0 radical (unpaired) electrons. The first-order chi connectivity index (χ1) is 9.03. The molecule has 1 fully saturated rings. The number of rotatable bonds is 7. The van der Waals surface area contributed by atoms with Crippen molar-refractivity contribution in [3.63, 3.8) is 0 Å². The van der Waals surface area contributed by atoms with Crippen molar-refractivity contribution in [1.82, 2.24) is 10.6 Å². The second kappa shape index (κ2) is 7.30. The molecule has 2 atom stereocenters. The van der Waals surface area contributed by atoms with Gasteiger partial charge in [0.05, 0.1) is 19.1 Å². The molecule has 0 aromatic rings. The van der Waals surface area contributed by atoms with Crippen molar-refractivity contribution >= 4 is 12.0 Å². The van der Waals surface area contributed by atoms with Crippen LogP contribution in [0.2, 0.25) is 0 Å². The molecule has 2 amide bonds. The van der Waals surface area contributed by atoms with Gasteiger partial charge in [0.2, 0.25) is 0 Å². The third-order valence-electron chi connectivity index (χ3n) is 3.42. The number of ether oxygens (including phenoxy) is 2. The molecule has 0 saturated carbocycles. The summed E-state index contributed by atoms with van der Waals surface area (Å²) >= 11 is 0. The number of carbonyl (C=O) groups excluding carboxylic acids is 1. The molecule has 19 heavy (non-hydrogen) atoms. The summed E-state index contributed by atoms with van der Waals surface area (Å²) in [5, 5.41) is 14.1. The normalized spacial score (nSPS) is 23.9. The summed E-state index contributed by atoms with van der Waals surface area (Å²) in [5.74, 6) is -1.46. The Bertz CT molecular complexity index is 315. The van der Waals surface area contributed by atoms with Crippen LogP contribution >= 0.6 is 0 Å². The van der Waals surface area contributed by atoms with Crippen LogP contribution in [-0.2, 0) is 14.3 Å². The van der Waals surface area contributed by atoms with Crippen molar-refractivity contribution < 1.29 is 24.2 Å². The molecule has 2 unspecified atom stereocenters. The lowest BCUT2D eigenvalue weighted by Gasteiger charge is -2.26. The molecule has 0 bridgehead atoms. The number of amides is 2. The fourth-order valence-electron chi connectivity index (χ4n) is 1.89. The van der Waals surface area contributed by atoms with Crippen LogP contribution in [0.25, 0.3) is 0 Å². The molecule has 0 aromatic carbocycles. The summed E-state index contributed by atoms with van der Waals surface area (Å²) < 4.78 is 10.6. The molecular formula is C12H22N2O5. The average molecular weight is 274 g/mol. The zero-order valence-electron chi connectivity index (χ0n) is 11.4. The first kappa shape index (κ1) is 15.7. The minimum Gasteiger partial charge on any atom is -0.481 e. The predicted octanol–water partition coefficient (Wildman–Crippen LogP) is 0.202. The van der Waals surface area contributed by atoms with Crippen molar-refractivity contribution in [2.75, 3.05) is 33.4 Å². The number of hydrogen-bond acceptors (Lipinski definition) is 4. The van der Waals surface area contributed by atoms with Gasteiger partial charge in [-0.05, 0) is 6.42 Å². The zero-order chi connectivity index (χ0) is 14.3. The number of aliphatic carboxylic acids is 1. The van der Waals surface area contributed by atoms with E-state index >= 15 is 0 Å². The van der Waals surface area contributed by atoms with Crippen LogP contribution in [0.1, 0.15) is 19.8 Å². The molecule has 0 spiro atoms. The van der Waals surface area contributed by atoms with Crippen LogP contribution in [0.3, 0.4) is 0 Å². The summed E-state index contributed by atoms with van der Waals surface area (Å²) in [6.45, 7) is 3.31. The maximum absolute atomic E-state index is 11.6. The van der Waals surface area contributed by atoms with Crippen molar-refractivity contribution in [1.29, 1.82) is 0 Å². The van der Waals surface area contributed by atoms with Gasteiger partial charge in [0.25, 0.3) is 0 Å². The van der Waals surface area contributed by atoms with Gasteiger partial charge in [-0.15, -0.1) is 0 Å². The van der Waals surface area contributed by atoms with Crippen LogP contribution in [0.15, 0.2) is 0 Å². The van der Waals surface area contributed by atoms with Gasteiger partial charge in [0.1, 0.15) is 5.60 Å². The minimum absolute atomic E-state index is 0.119. The third kappa shape index (κ3) is 4.68. The van der Waals surface area contributed by atoms with Crippen LogP contribution in [0, 0.1) is 5.92 Å². The average Bonchev–Trinajstić information content (AvgIpc) is 2.86. The highest BCUT2D eigenvalue weighted by atomic mass is 16.5. The van der Waals surface area contributed by atoms with E-state index in [-0.39, 0.29) is 12.6 Å². The maximum atomic E-state index is 11.6. The molecule has 1 heterocycles. The van der Waals surface area contributed by atoms with Crippen molar-refractivity contribution in [3.8, 4) is 0 Å². The molecule has 0 aromatic heterocycles. The van der Waals surface area contributed by atoms with Gasteiger partial charge in [-0.3, -0.25) is 4.79 Å². The van der Waals surface area contributed by atoms with Gasteiger partial charge < -0.3 is 25.2 Å². The van der Waals surface area contributed by atoms with Gasteiger partial charge >= 0.3 is 12.0 Å². The summed E-state index contributed by atoms with van der Waals surface area (Å²) in [7, 11) is 1.59.